The van der Waals surface area contributed by atoms with E-state index < -0.39 is 27.8 Å². The molecule has 0 saturated carbocycles. The van der Waals surface area contributed by atoms with Crippen LogP contribution in [0.1, 0.15) is 32.3 Å². The average molecular weight is 509 g/mol. The summed E-state index contributed by atoms with van der Waals surface area (Å²) in [5.41, 5.74) is 0.719. The van der Waals surface area contributed by atoms with Crippen molar-refractivity contribution in [1.82, 2.24) is 15.3 Å². The van der Waals surface area contributed by atoms with Gasteiger partial charge in [0.15, 0.2) is 5.13 Å². The van der Waals surface area contributed by atoms with Gasteiger partial charge in [-0.2, -0.15) is 0 Å². The molecule has 0 unspecified atom stereocenters. The number of aromatic nitrogens is 2. The quantitative estimate of drug-likeness (QED) is 0.574. The molecule has 31 heavy (non-hydrogen) atoms. The van der Waals surface area contributed by atoms with Crippen molar-refractivity contribution in [2.45, 2.75) is 19.4 Å². The number of anilines is 1. The summed E-state index contributed by atoms with van der Waals surface area (Å²) in [6, 6.07) is -0.392. The molecule has 3 rings (SSSR count). The smallest absolute Gasteiger partial charge is 0.349 e. The van der Waals surface area contributed by atoms with Crippen molar-refractivity contribution in [1.29, 1.82) is 0 Å². The largest absolute Gasteiger partial charge is 0.465 e. The van der Waals surface area contributed by atoms with Gasteiger partial charge in [0.25, 0.3) is 5.91 Å². The summed E-state index contributed by atoms with van der Waals surface area (Å²) >= 11 is 13.4. The molecule has 2 aromatic rings. The number of nitrogens with one attached hydrogen (secondary N) is 2. The molecule has 0 spiro atoms. The number of methoxy groups -OCH3 is 1. The Morgan fingerprint density at radius 3 is 2.68 bits per heavy atom. The molecule has 0 radical (unpaired) electrons. The average Bonchev–Trinajstić information content (AvgIpc) is 3.29. The number of hydrogen-bond acceptors (Lipinski definition) is 8. The highest BCUT2D eigenvalue weighted by Gasteiger charge is 2.34. The summed E-state index contributed by atoms with van der Waals surface area (Å²) in [5.74, 6) is -1.42. The molecule has 2 N–H and O–H groups in total. The van der Waals surface area contributed by atoms with Crippen LogP contribution >= 0.6 is 34.5 Å². The van der Waals surface area contributed by atoms with Crippen LogP contribution in [0.25, 0.3) is 0 Å². The Kier molecular flexibility index (Phi) is 7.19. The van der Waals surface area contributed by atoms with Crippen molar-refractivity contribution in [3.63, 3.8) is 0 Å². The molecule has 0 bridgehead atoms. The van der Waals surface area contributed by atoms with E-state index in [0.29, 0.717) is 35.2 Å². The zero-order valence-corrected chi connectivity index (χ0v) is 20.2. The molecule has 9 nitrogen and oxygen atoms in total. The van der Waals surface area contributed by atoms with Crippen molar-refractivity contribution in [3.05, 3.63) is 32.5 Å². The number of nitrogens with zero attached hydrogens (tertiary/aromatic N) is 2. The van der Waals surface area contributed by atoms with Crippen LogP contribution in [0.3, 0.4) is 0 Å². The fourth-order valence-corrected chi connectivity index (χ4v) is 5.93. The Balaban J connectivity index is 1.78. The Morgan fingerprint density at radius 2 is 2.10 bits per heavy atom. The van der Waals surface area contributed by atoms with Gasteiger partial charge in [0.05, 0.1) is 29.1 Å². The molecule has 170 valence electrons. The topological polar surface area (TPSA) is 121 Å². The summed E-state index contributed by atoms with van der Waals surface area (Å²) < 4.78 is 28.8. The molecule has 1 amide bonds. The highest BCUT2D eigenvalue weighted by molar-refractivity contribution is 7.90. The van der Waals surface area contributed by atoms with Gasteiger partial charge in [-0.15, -0.1) is 0 Å². The molecular weight excluding hydrogens is 487 g/mol. The van der Waals surface area contributed by atoms with Gasteiger partial charge < -0.3 is 19.9 Å². The minimum absolute atomic E-state index is 0.109. The number of H-pyrrole nitrogens is 1. The summed E-state index contributed by atoms with van der Waals surface area (Å²) in [6.07, 6.45) is 3.09. The molecule has 0 aromatic carbocycles. The van der Waals surface area contributed by atoms with Crippen LogP contribution in [-0.4, -0.2) is 68.5 Å². The molecule has 1 aliphatic rings. The van der Waals surface area contributed by atoms with E-state index in [2.05, 4.69) is 15.3 Å². The van der Waals surface area contributed by atoms with E-state index in [1.165, 1.54) is 24.6 Å². The van der Waals surface area contributed by atoms with Crippen LogP contribution in [0.15, 0.2) is 6.20 Å². The number of aryl methyl sites for hydroxylation is 1. The number of thiazole rings is 1. The number of piperidine rings is 1. The standard InChI is InChI=1S/C18H22Cl2N4O5S2/c1-9-13(19)14(20)15(22-9)16(25)23-11-4-5-24(7-10(11)8-31(3,27)28)18-21-6-12(30-18)17(26)29-2/h6,10-11,22H,4-5,7-8H2,1-3H3,(H,23,25)/t10-,11-/m1/s1. The lowest BCUT2D eigenvalue weighted by Gasteiger charge is -2.38. The maximum Gasteiger partial charge on any atom is 0.349 e. The number of carbonyl (C=O) groups excluding carboxylic acids is 2. The van der Waals surface area contributed by atoms with Crippen LogP contribution in [0.4, 0.5) is 5.13 Å². The molecule has 1 saturated heterocycles. The van der Waals surface area contributed by atoms with E-state index >= 15 is 0 Å². The van der Waals surface area contributed by atoms with Crippen molar-refractivity contribution in [3.8, 4) is 0 Å². The molecule has 13 heteroatoms. The summed E-state index contributed by atoms with van der Waals surface area (Å²) in [5, 5.41) is 3.90. The maximum atomic E-state index is 12.8. The van der Waals surface area contributed by atoms with Crippen molar-refractivity contribution >= 4 is 61.4 Å². The second-order valence-electron chi connectivity index (χ2n) is 7.42. The predicted molar refractivity (Wildman–Crippen MR) is 120 cm³/mol. The van der Waals surface area contributed by atoms with Gasteiger partial charge in [0.1, 0.15) is 20.4 Å². The third-order valence-corrected chi connectivity index (χ3v) is 8.02. The number of sulfone groups is 1. The van der Waals surface area contributed by atoms with Crippen LogP contribution in [0.5, 0.6) is 0 Å². The second-order valence-corrected chi connectivity index (χ2v) is 11.4. The summed E-state index contributed by atoms with van der Waals surface area (Å²) in [7, 11) is -2.01. The Hall–Kier alpha value is -1.82. The fourth-order valence-electron chi connectivity index (χ4n) is 3.53. The first kappa shape index (κ1) is 23.8. The van der Waals surface area contributed by atoms with E-state index in [-0.39, 0.29) is 27.4 Å². The molecule has 3 heterocycles. The van der Waals surface area contributed by atoms with E-state index in [1.807, 2.05) is 4.90 Å². The van der Waals surface area contributed by atoms with Gasteiger partial charge >= 0.3 is 5.97 Å². The van der Waals surface area contributed by atoms with E-state index in [4.69, 9.17) is 27.9 Å². The third kappa shape index (κ3) is 5.51. The lowest BCUT2D eigenvalue weighted by atomic mass is 9.93. The van der Waals surface area contributed by atoms with Gasteiger partial charge in [-0.25, -0.2) is 18.2 Å². The first-order chi connectivity index (χ1) is 14.5. The van der Waals surface area contributed by atoms with Gasteiger partial charge in [0.2, 0.25) is 0 Å². The van der Waals surface area contributed by atoms with Crippen molar-refractivity contribution < 1.29 is 22.7 Å². The number of halogens is 2. The number of hydrogen-bond donors (Lipinski definition) is 2. The van der Waals surface area contributed by atoms with Gasteiger partial charge in [-0.1, -0.05) is 34.5 Å². The van der Waals surface area contributed by atoms with E-state index in [1.54, 1.807) is 6.92 Å². The molecule has 2 aromatic heterocycles. The number of esters is 1. The van der Waals surface area contributed by atoms with Gasteiger partial charge in [-0.05, 0) is 13.3 Å². The Labute approximate surface area is 194 Å². The summed E-state index contributed by atoms with van der Waals surface area (Å²) in [4.78, 5) is 33.9. The SMILES string of the molecule is COC(=O)c1cnc(N2CC[C@@H](NC(=O)c3[nH]c(C)c(Cl)c3Cl)[C@@H](CS(C)(=O)=O)C2)s1. The van der Waals surface area contributed by atoms with Gasteiger partial charge in [0, 0.05) is 37.0 Å². The molecule has 0 aliphatic carbocycles. The van der Waals surface area contributed by atoms with E-state index in [9.17, 15) is 18.0 Å². The first-order valence-corrected chi connectivity index (χ1v) is 12.9. The lowest BCUT2D eigenvalue weighted by Crippen LogP contribution is -2.53. The molecule has 2 atom stereocenters. The second kappa shape index (κ2) is 9.35. The molecule has 1 fully saturated rings. The predicted octanol–water partition coefficient (Wildman–Crippen LogP) is 2.54. The Morgan fingerprint density at radius 1 is 1.39 bits per heavy atom. The third-order valence-electron chi connectivity index (χ3n) is 5.00. The van der Waals surface area contributed by atoms with Crippen molar-refractivity contribution in [2.24, 2.45) is 5.92 Å². The fraction of sp³-hybridized carbons (Fsp3) is 0.500. The molecular formula is C18H22Cl2N4O5S2. The number of rotatable bonds is 6. The minimum Gasteiger partial charge on any atom is -0.465 e. The Bertz CT molecular complexity index is 1100. The first-order valence-electron chi connectivity index (χ1n) is 9.31. The van der Waals surface area contributed by atoms with E-state index in [0.717, 1.165) is 6.26 Å². The zero-order chi connectivity index (χ0) is 22.9. The highest BCUT2D eigenvalue weighted by atomic mass is 35.5. The zero-order valence-electron chi connectivity index (χ0n) is 17.1. The highest BCUT2D eigenvalue weighted by Crippen LogP contribution is 2.31. The monoisotopic (exact) mass is 508 g/mol. The van der Waals surface area contributed by atoms with Crippen molar-refractivity contribution in [2.75, 3.05) is 37.1 Å². The van der Waals surface area contributed by atoms with Crippen LogP contribution < -0.4 is 10.2 Å². The number of carbonyl (C=O) groups is 2. The number of amides is 1. The van der Waals surface area contributed by atoms with Crippen LogP contribution in [0, 0.1) is 12.8 Å². The van der Waals surface area contributed by atoms with Crippen LogP contribution in [-0.2, 0) is 14.6 Å². The minimum atomic E-state index is -3.31. The maximum absolute atomic E-state index is 12.8. The van der Waals surface area contributed by atoms with Crippen LogP contribution in [0.2, 0.25) is 10.0 Å². The summed E-state index contributed by atoms with van der Waals surface area (Å²) in [6.45, 7) is 2.58. The lowest BCUT2D eigenvalue weighted by molar-refractivity contribution is 0.0605. The molecule has 1 aliphatic heterocycles. The van der Waals surface area contributed by atoms with Gasteiger partial charge in [-0.3, -0.25) is 4.79 Å². The number of ether oxygens (including phenoxy) is 1. The number of aromatic amines is 1. The normalized spacial score (nSPS) is 19.3.